The summed E-state index contributed by atoms with van der Waals surface area (Å²) in [7, 11) is 1.30. The van der Waals surface area contributed by atoms with Gasteiger partial charge in [0, 0.05) is 5.56 Å². The monoisotopic (exact) mass is 274 g/mol. The molecule has 0 bridgehead atoms. The Morgan fingerprint density at radius 3 is 2.35 bits per heavy atom. The maximum Gasteiger partial charge on any atom is 0.328 e. The number of hydrogen-bond acceptors (Lipinski definition) is 4. The Morgan fingerprint density at radius 1 is 1.30 bits per heavy atom. The van der Waals surface area contributed by atoms with Crippen LogP contribution >= 0.6 is 0 Å². The zero-order chi connectivity index (χ0) is 15.1. The average molecular weight is 274 g/mol. The number of ether oxygens (including phenoxy) is 1. The largest absolute Gasteiger partial charge is 0.467 e. The summed E-state index contributed by atoms with van der Waals surface area (Å²) in [5, 5.41) is 11.4. The van der Waals surface area contributed by atoms with Gasteiger partial charge in [-0.3, -0.25) is 4.79 Å². The molecule has 0 radical (unpaired) electrons. The van der Waals surface area contributed by atoms with Crippen molar-refractivity contribution in [1.29, 1.82) is 5.26 Å². The molecule has 0 aliphatic heterocycles. The van der Waals surface area contributed by atoms with Crippen LogP contribution in [0.25, 0.3) is 0 Å². The lowest BCUT2D eigenvalue weighted by Gasteiger charge is -2.18. The summed E-state index contributed by atoms with van der Waals surface area (Å²) in [6.45, 7) is 3.92. The van der Waals surface area contributed by atoms with Crippen LogP contribution in [0.2, 0.25) is 0 Å². The maximum atomic E-state index is 12.1. The Kier molecular flexibility index (Phi) is 5.73. The molecular formula is C15H18N2O3. The van der Waals surface area contributed by atoms with Crippen molar-refractivity contribution in [2.24, 2.45) is 5.92 Å². The lowest BCUT2D eigenvalue weighted by atomic mass is 10.0. The fraction of sp³-hybridized carbons (Fsp3) is 0.400. The van der Waals surface area contributed by atoms with E-state index >= 15 is 0 Å². The standard InChI is InChI=1S/C15H18N2O3/c1-10(2)8-13(15(19)20-3)17-14(18)12-6-4-11(9-16)5-7-12/h4-7,10,13H,8H2,1-3H3,(H,17,18)/t13-/m0/s1. The highest BCUT2D eigenvalue weighted by Gasteiger charge is 2.23. The molecule has 1 rings (SSSR count). The van der Waals surface area contributed by atoms with Gasteiger partial charge in [-0.2, -0.15) is 5.26 Å². The van der Waals surface area contributed by atoms with Gasteiger partial charge in [-0.1, -0.05) is 13.8 Å². The van der Waals surface area contributed by atoms with Crippen molar-refractivity contribution in [3.8, 4) is 6.07 Å². The minimum atomic E-state index is -0.664. The molecule has 0 spiro atoms. The van der Waals surface area contributed by atoms with Crippen LogP contribution in [0.1, 0.15) is 36.2 Å². The molecule has 1 atom stereocenters. The van der Waals surface area contributed by atoms with Crippen LogP contribution in [-0.4, -0.2) is 25.0 Å². The van der Waals surface area contributed by atoms with Crippen molar-refractivity contribution < 1.29 is 14.3 Å². The Bertz CT molecular complexity index is 515. The average Bonchev–Trinajstić information content (AvgIpc) is 2.45. The van der Waals surface area contributed by atoms with Gasteiger partial charge in [0.05, 0.1) is 18.7 Å². The van der Waals surface area contributed by atoms with E-state index in [1.54, 1.807) is 24.3 Å². The fourth-order valence-corrected chi connectivity index (χ4v) is 1.77. The van der Waals surface area contributed by atoms with E-state index < -0.39 is 12.0 Å². The SMILES string of the molecule is COC(=O)[C@H](CC(C)C)NC(=O)c1ccc(C#N)cc1. The molecule has 0 saturated heterocycles. The fourth-order valence-electron chi connectivity index (χ4n) is 1.77. The number of carbonyl (C=O) groups is 2. The summed E-state index contributed by atoms with van der Waals surface area (Å²) in [5.74, 6) is -0.563. The van der Waals surface area contributed by atoms with Crippen molar-refractivity contribution in [3.05, 3.63) is 35.4 Å². The van der Waals surface area contributed by atoms with Crippen LogP contribution in [0.15, 0.2) is 24.3 Å². The Morgan fingerprint density at radius 2 is 1.90 bits per heavy atom. The third-order valence-electron chi connectivity index (χ3n) is 2.77. The molecule has 5 nitrogen and oxygen atoms in total. The first-order valence-electron chi connectivity index (χ1n) is 6.36. The minimum Gasteiger partial charge on any atom is -0.467 e. The second-order valence-corrected chi connectivity index (χ2v) is 4.87. The first-order valence-corrected chi connectivity index (χ1v) is 6.36. The number of benzene rings is 1. The van der Waals surface area contributed by atoms with E-state index in [1.165, 1.54) is 7.11 Å². The van der Waals surface area contributed by atoms with Gasteiger partial charge in [0.1, 0.15) is 6.04 Å². The number of amides is 1. The van der Waals surface area contributed by atoms with Crippen molar-refractivity contribution >= 4 is 11.9 Å². The lowest BCUT2D eigenvalue weighted by molar-refractivity contribution is -0.143. The molecule has 0 aliphatic carbocycles. The molecule has 20 heavy (non-hydrogen) atoms. The maximum absolute atomic E-state index is 12.1. The molecule has 0 fully saturated rings. The topological polar surface area (TPSA) is 79.2 Å². The highest BCUT2D eigenvalue weighted by molar-refractivity contribution is 5.96. The number of hydrogen-bond donors (Lipinski definition) is 1. The van der Waals surface area contributed by atoms with Crippen LogP contribution in [0.3, 0.4) is 0 Å². The first-order chi connectivity index (χ1) is 9.47. The highest BCUT2D eigenvalue weighted by atomic mass is 16.5. The van der Waals surface area contributed by atoms with E-state index in [9.17, 15) is 9.59 Å². The van der Waals surface area contributed by atoms with Crippen molar-refractivity contribution in [1.82, 2.24) is 5.32 Å². The zero-order valence-electron chi connectivity index (χ0n) is 11.8. The molecule has 0 saturated carbocycles. The number of nitrogens with one attached hydrogen (secondary N) is 1. The van der Waals surface area contributed by atoms with Crippen LogP contribution in [0.5, 0.6) is 0 Å². The first kappa shape index (κ1) is 15.7. The summed E-state index contributed by atoms with van der Waals surface area (Å²) < 4.78 is 4.69. The molecule has 5 heteroatoms. The van der Waals surface area contributed by atoms with Crippen molar-refractivity contribution in [2.45, 2.75) is 26.3 Å². The van der Waals surface area contributed by atoms with E-state index in [0.717, 1.165) is 0 Å². The van der Waals surface area contributed by atoms with E-state index in [1.807, 2.05) is 19.9 Å². The van der Waals surface area contributed by atoms with E-state index in [-0.39, 0.29) is 11.8 Å². The number of nitriles is 1. The summed E-state index contributed by atoms with van der Waals surface area (Å²) >= 11 is 0. The molecule has 1 N–H and O–H groups in total. The summed E-state index contributed by atoms with van der Waals surface area (Å²) in [5.41, 5.74) is 0.884. The van der Waals surface area contributed by atoms with Crippen molar-refractivity contribution in [3.63, 3.8) is 0 Å². The van der Waals surface area contributed by atoms with Crippen LogP contribution < -0.4 is 5.32 Å². The van der Waals surface area contributed by atoms with Gasteiger partial charge in [-0.25, -0.2) is 4.79 Å². The second-order valence-electron chi connectivity index (χ2n) is 4.87. The number of esters is 1. The lowest BCUT2D eigenvalue weighted by Crippen LogP contribution is -2.42. The normalized spacial score (nSPS) is 11.6. The summed E-state index contributed by atoms with van der Waals surface area (Å²) in [4.78, 5) is 23.7. The van der Waals surface area contributed by atoms with Crippen LogP contribution in [0, 0.1) is 17.2 Å². The molecule has 1 aromatic rings. The number of carbonyl (C=O) groups excluding carboxylic acids is 2. The van der Waals surface area contributed by atoms with Gasteiger partial charge >= 0.3 is 5.97 Å². The smallest absolute Gasteiger partial charge is 0.328 e. The molecule has 0 aliphatic rings. The molecule has 0 unspecified atom stereocenters. The van der Waals surface area contributed by atoms with E-state index in [4.69, 9.17) is 5.26 Å². The van der Waals surface area contributed by atoms with Crippen molar-refractivity contribution in [2.75, 3.05) is 7.11 Å². The number of nitrogens with zero attached hydrogens (tertiary/aromatic N) is 1. The van der Waals surface area contributed by atoms with Gasteiger partial charge < -0.3 is 10.1 Å². The molecule has 0 heterocycles. The predicted molar refractivity (Wildman–Crippen MR) is 73.9 cm³/mol. The Balaban J connectivity index is 2.79. The third-order valence-corrected chi connectivity index (χ3v) is 2.77. The summed E-state index contributed by atoms with van der Waals surface area (Å²) in [6.07, 6.45) is 0.509. The highest BCUT2D eigenvalue weighted by Crippen LogP contribution is 2.09. The Hall–Kier alpha value is -2.35. The molecule has 106 valence electrons. The Labute approximate surface area is 118 Å². The number of rotatable bonds is 5. The quantitative estimate of drug-likeness (QED) is 0.831. The third kappa shape index (κ3) is 4.39. The van der Waals surface area contributed by atoms with E-state index in [0.29, 0.717) is 17.5 Å². The van der Waals surface area contributed by atoms with Crippen LogP contribution in [0.4, 0.5) is 0 Å². The summed E-state index contributed by atoms with van der Waals surface area (Å²) in [6, 6.07) is 7.54. The predicted octanol–water partition coefficient (Wildman–Crippen LogP) is 1.88. The van der Waals surface area contributed by atoms with E-state index in [2.05, 4.69) is 10.1 Å². The van der Waals surface area contributed by atoms with Gasteiger partial charge in [0.2, 0.25) is 0 Å². The minimum absolute atomic E-state index is 0.250. The van der Waals surface area contributed by atoms with Gasteiger partial charge in [0.25, 0.3) is 5.91 Å². The number of methoxy groups -OCH3 is 1. The van der Waals surface area contributed by atoms with Gasteiger partial charge in [0.15, 0.2) is 0 Å². The van der Waals surface area contributed by atoms with Gasteiger partial charge in [-0.05, 0) is 36.6 Å². The van der Waals surface area contributed by atoms with Gasteiger partial charge in [-0.15, -0.1) is 0 Å². The molecular weight excluding hydrogens is 256 g/mol. The van der Waals surface area contributed by atoms with Crippen LogP contribution in [-0.2, 0) is 9.53 Å². The zero-order valence-corrected chi connectivity index (χ0v) is 11.8. The molecule has 1 amide bonds. The molecule has 0 aromatic heterocycles. The second kappa shape index (κ2) is 7.29. The molecule has 1 aromatic carbocycles.